The number of nitrogen functional groups attached to an aromatic ring is 1. The quantitative estimate of drug-likeness (QED) is 0.399. The molecule has 6 nitrogen and oxygen atoms in total. The fraction of sp³-hybridized carbons (Fsp3) is 0.238. The summed E-state index contributed by atoms with van der Waals surface area (Å²) in [5.74, 6) is 1.95. The Morgan fingerprint density at radius 1 is 1.07 bits per heavy atom. The van der Waals surface area contributed by atoms with Gasteiger partial charge in [-0.3, -0.25) is 0 Å². The fourth-order valence-corrected chi connectivity index (χ4v) is 3.11. The van der Waals surface area contributed by atoms with E-state index in [4.69, 9.17) is 15.1 Å². The van der Waals surface area contributed by atoms with Crippen LogP contribution in [-0.4, -0.2) is 42.1 Å². The van der Waals surface area contributed by atoms with Gasteiger partial charge in [0.2, 0.25) is 0 Å². The van der Waals surface area contributed by atoms with Crippen LogP contribution < -0.4 is 11.1 Å². The van der Waals surface area contributed by atoms with E-state index in [0.29, 0.717) is 17.3 Å². The molecule has 0 saturated carbocycles. The van der Waals surface area contributed by atoms with E-state index < -0.39 is 0 Å². The first-order valence-corrected chi connectivity index (χ1v) is 9.05. The molecule has 0 bridgehead atoms. The monoisotopic (exact) mass is 361 g/mol. The lowest BCUT2D eigenvalue weighted by molar-refractivity contribution is 0.405. The minimum atomic E-state index is 0.534. The van der Waals surface area contributed by atoms with Gasteiger partial charge in [0, 0.05) is 17.3 Å². The Labute approximate surface area is 158 Å². The molecular formula is C21H23N5O. The second kappa shape index (κ2) is 7.25. The number of furan rings is 1. The van der Waals surface area contributed by atoms with E-state index in [1.165, 1.54) is 0 Å². The van der Waals surface area contributed by atoms with Gasteiger partial charge in [-0.1, -0.05) is 24.3 Å². The van der Waals surface area contributed by atoms with E-state index in [-0.39, 0.29) is 0 Å². The maximum absolute atomic E-state index is 6.19. The molecule has 2 aromatic heterocycles. The van der Waals surface area contributed by atoms with Crippen molar-refractivity contribution in [3.63, 3.8) is 0 Å². The Balaban J connectivity index is 1.75. The summed E-state index contributed by atoms with van der Waals surface area (Å²) in [6, 6.07) is 15.6. The predicted octanol–water partition coefficient (Wildman–Crippen LogP) is 3.99. The van der Waals surface area contributed by atoms with Gasteiger partial charge in [-0.15, -0.1) is 0 Å². The minimum Gasteiger partial charge on any atom is -0.453 e. The van der Waals surface area contributed by atoms with Crippen molar-refractivity contribution in [2.75, 3.05) is 38.2 Å². The minimum absolute atomic E-state index is 0.534. The number of anilines is 2. The number of para-hydroxylation sites is 2. The first-order valence-electron chi connectivity index (χ1n) is 9.05. The normalized spacial score (nSPS) is 11.5. The topological polar surface area (TPSA) is 80.2 Å². The molecule has 0 unspecified atom stereocenters. The van der Waals surface area contributed by atoms with Crippen molar-refractivity contribution in [2.45, 2.75) is 6.42 Å². The van der Waals surface area contributed by atoms with Crippen molar-refractivity contribution < 1.29 is 4.42 Å². The lowest BCUT2D eigenvalue weighted by atomic mass is 10.2. The summed E-state index contributed by atoms with van der Waals surface area (Å²) in [7, 11) is 4.14. The van der Waals surface area contributed by atoms with Gasteiger partial charge in [0.1, 0.15) is 11.4 Å². The van der Waals surface area contributed by atoms with Crippen molar-refractivity contribution in [1.29, 1.82) is 0 Å². The van der Waals surface area contributed by atoms with Gasteiger partial charge in [-0.2, -0.15) is 0 Å². The predicted molar refractivity (Wildman–Crippen MR) is 111 cm³/mol. The molecule has 0 saturated heterocycles. The third kappa shape index (κ3) is 3.57. The Bertz CT molecular complexity index is 1050. The lowest BCUT2D eigenvalue weighted by Crippen LogP contribution is -2.17. The van der Waals surface area contributed by atoms with Gasteiger partial charge in [-0.25, -0.2) is 9.97 Å². The molecule has 3 N–H and O–H groups in total. The summed E-state index contributed by atoms with van der Waals surface area (Å²) < 4.78 is 5.95. The largest absolute Gasteiger partial charge is 0.453 e. The van der Waals surface area contributed by atoms with Crippen molar-refractivity contribution in [3.05, 3.63) is 48.5 Å². The molecule has 0 aliphatic heterocycles. The molecule has 0 amide bonds. The first kappa shape index (κ1) is 17.3. The second-order valence-electron chi connectivity index (χ2n) is 6.87. The van der Waals surface area contributed by atoms with Gasteiger partial charge >= 0.3 is 0 Å². The third-order valence-electron chi connectivity index (χ3n) is 4.48. The maximum Gasteiger partial charge on any atom is 0.198 e. The highest BCUT2D eigenvalue weighted by atomic mass is 16.3. The van der Waals surface area contributed by atoms with Gasteiger partial charge in [0.05, 0.1) is 11.2 Å². The third-order valence-corrected chi connectivity index (χ3v) is 4.48. The van der Waals surface area contributed by atoms with Crippen molar-refractivity contribution in [1.82, 2.24) is 14.9 Å². The molecule has 0 radical (unpaired) electrons. The van der Waals surface area contributed by atoms with Gasteiger partial charge in [0.25, 0.3) is 0 Å². The molecule has 138 valence electrons. The zero-order valence-corrected chi connectivity index (χ0v) is 15.6. The molecule has 2 aromatic carbocycles. The molecule has 6 heteroatoms. The molecule has 27 heavy (non-hydrogen) atoms. The summed E-state index contributed by atoms with van der Waals surface area (Å²) >= 11 is 0. The molecule has 2 heterocycles. The standard InChI is InChI=1S/C21H23N5O/c1-26(2)12-6-11-23-20-15-8-5-9-16(22)19(15)24-21(25-20)18-13-14-7-3-4-10-17(14)27-18/h3-5,7-10,13H,6,11-12,22H2,1-2H3,(H,23,24,25). The van der Waals surface area contributed by atoms with Crippen LogP contribution in [0.4, 0.5) is 11.5 Å². The highest BCUT2D eigenvalue weighted by molar-refractivity contribution is 5.97. The van der Waals surface area contributed by atoms with Crippen molar-refractivity contribution in [2.24, 2.45) is 0 Å². The number of nitrogens with two attached hydrogens (primary N) is 1. The average Bonchev–Trinajstić information content (AvgIpc) is 3.09. The van der Waals surface area contributed by atoms with Crippen LogP contribution in [0, 0.1) is 0 Å². The summed E-state index contributed by atoms with van der Waals surface area (Å²) in [4.78, 5) is 11.6. The molecule has 0 aliphatic carbocycles. The summed E-state index contributed by atoms with van der Waals surface area (Å²) in [6.07, 6.45) is 1.01. The molecule has 4 rings (SSSR count). The van der Waals surface area contributed by atoms with Gasteiger partial charge in [-0.05, 0) is 51.3 Å². The first-order chi connectivity index (χ1) is 13.1. The number of nitrogens with one attached hydrogen (secondary N) is 1. The molecule has 0 spiro atoms. The van der Waals surface area contributed by atoms with E-state index in [2.05, 4.69) is 29.3 Å². The van der Waals surface area contributed by atoms with Crippen LogP contribution in [0.5, 0.6) is 0 Å². The van der Waals surface area contributed by atoms with Crippen molar-refractivity contribution >= 4 is 33.4 Å². The summed E-state index contributed by atoms with van der Waals surface area (Å²) in [5, 5.41) is 5.38. The Kier molecular flexibility index (Phi) is 4.64. The Hall–Kier alpha value is -3.12. The van der Waals surface area contributed by atoms with Crippen LogP contribution in [0.2, 0.25) is 0 Å². The Morgan fingerprint density at radius 3 is 2.74 bits per heavy atom. The van der Waals surface area contributed by atoms with E-state index in [9.17, 15) is 0 Å². The van der Waals surface area contributed by atoms with E-state index in [1.807, 2.05) is 48.5 Å². The fourth-order valence-electron chi connectivity index (χ4n) is 3.11. The van der Waals surface area contributed by atoms with E-state index >= 15 is 0 Å². The number of benzene rings is 2. The molecule has 4 aromatic rings. The van der Waals surface area contributed by atoms with Gasteiger partial charge in [0.15, 0.2) is 11.6 Å². The second-order valence-corrected chi connectivity index (χ2v) is 6.87. The van der Waals surface area contributed by atoms with Gasteiger partial charge < -0.3 is 20.4 Å². The smallest absolute Gasteiger partial charge is 0.198 e. The van der Waals surface area contributed by atoms with Crippen LogP contribution in [0.3, 0.4) is 0 Å². The van der Waals surface area contributed by atoms with Crippen LogP contribution in [0.25, 0.3) is 33.5 Å². The van der Waals surface area contributed by atoms with E-state index in [0.717, 1.165) is 47.2 Å². The number of nitrogens with zero attached hydrogens (tertiary/aromatic N) is 3. The molecule has 0 fully saturated rings. The van der Waals surface area contributed by atoms with Crippen molar-refractivity contribution in [3.8, 4) is 11.6 Å². The zero-order valence-electron chi connectivity index (χ0n) is 15.6. The van der Waals surface area contributed by atoms with Crippen LogP contribution >= 0.6 is 0 Å². The maximum atomic E-state index is 6.19. The molecular weight excluding hydrogens is 338 g/mol. The zero-order chi connectivity index (χ0) is 18.8. The van der Waals surface area contributed by atoms with Crippen LogP contribution in [0.1, 0.15) is 6.42 Å². The Morgan fingerprint density at radius 2 is 1.93 bits per heavy atom. The number of aromatic nitrogens is 2. The summed E-state index contributed by atoms with van der Waals surface area (Å²) in [6.45, 7) is 1.83. The lowest BCUT2D eigenvalue weighted by Gasteiger charge is -2.13. The van der Waals surface area contributed by atoms with E-state index in [1.54, 1.807) is 0 Å². The number of hydrogen-bond donors (Lipinski definition) is 2. The van der Waals surface area contributed by atoms with Crippen LogP contribution in [-0.2, 0) is 0 Å². The highest BCUT2D eigenvalue weighted by Crippen LogP contribution is 2.31. The number of rotatable bonds is 6. The number of fused-ring (bicyclic) bond motifs is 2. The average molecular weight is 361 g/mol. The SMILES string of the molecule is CN(C)CCCNc1nc(-c2cc3ccccc3o2)nc2c(N)cccc12. The van der Waals surface area contributed by atoms with Crippen LogP contribution in [0.15, 0.2) is 52.9 Å². The summed E-state index contributed by atoms with van der Waals surface area (Å²) in [5.41, 5.74) is 8.37. The molecule has 0 atom stereocenters. The molecule has 0 aliphatic rings. The highest BCUT2D eigenvalue weighted by Gasteiger charge is 2.14. The number of hydrogen-bond acceptors (Lipinski definition) is 6.